The molecule has 2 aromatic carbocycles. The van der Waals surface area contributed by atoms with Crippen molar-refractivity contribution in [3.05, 3.63) is 54.1 Å². The zero-order chi connectivity index (χ0) is 12.1. The number of phenolic OH excluding ortho intramolecular Hbond substituents is 1. The second-order valence-corrected chi connectivity index (χ2v) is 3.43. The van der Waals surface area contributed by atoms with Crippen LogP contribution in [0, 0.1) is 0 Å². The molecule has 0 saturated heterocycles. The Bertz CT molecular complexity index is 530. The Hall–Kier alpha value is -2.49. The van der Waals surface area contributed by atoms with Gasteiger partial charge in [0.1, 0.15) is 12.0 Å². The standard InChI is InChI=1S/C13H10N2O2/c16-9-10-1-3-11(4-2-10)14-15-12-5-7-13(17)8-6-12/h1-9,17H. The smallest absolute Gasteiger partial charge is 0.150 e. The summed E-state index contributed by atoms with van der Waals surface area (Å²) in [7, 11) is 0. The first-order chi connectivity index (χ1) is 8.28. The normalized spacial score (nSPS) is 10.6. The van der Waals surface area contributed by atoms with Crippen LogP contribution in [0.3, 0.4) is 0 Å². The summed E-state index contributed by atoms with van der Waals surface area (Å²) in [6.07, 6.45) is 0.779. The Balaban J connectivity index is 2.14. The number of phenols is 1. The Morgan fingerprint density at radius 2 is 1.29 bits per heavy atom. The Kier molecular flexibility index (Phi) is 3.25. The fourth-order valence-corrected chi connectivity index (χ4v) is 1.25. The average molecular weight is 226 g/mol. The van der Waals surface area contributed by atoms with E-state index >= 15 is 0 Å². The van der Waals surface area contributed by atoms with Crippen LogP contribution in [0.15, 0.2) is 58.8 Å². The molecule has 0 radical (unpaired) electrons. The number of carbonyl (C=O) groups is 1. The van der Waals surface area contributed by atoms with Gasteiger partial charge in [-0.2, -0.15) is 10.2 Å². The molecule has 0 spiro atoms. The zero-order valence-corrected chi connectivity index (χ0v) is 8.95. The predicted octanol–water partition coefficient (Wildman–Crippen LogP) is 3.62. The van der Waals surface area contributed by atoms with Gasteiger partial charge < -0.3 is 5.11 Å². The van der Waals surface area contributed by atoms with Gasteiger partial charge in [-0.1, -0.05) is 0 Å². The molecule has 2 rings (SSSR count). The summed E-state index contributed by atoms with van der Waals surface area (Å²) >= 11 is 0. The molecule has 17 heavy (non-hydrogen) atoms. The van der Waals surface area contributed by atoms with Gasteiger partial charge in [0, 0.05) is 5.56 Å². The monoisotopic (exact) mass is 226 g/mol. The number of hydrogen-bond acceptors (Lipinski definition) is 4. The molecule has 4 heteroatoms. The summed E-state index contributed by atoms with van der Waals surface area (Å²) in [5.74, 6) is 0.194. The van der Waals surface area contributed by atoms with Gasteiger partial charge in [-0.15, -0.1) is 0 Å². The van der Waals surface area contributed by atoms with Crippen molar-refractivity contribution in [2.45, 2.75) is 0 Å². The number of benzene rings is 2. The van der Waals surface area contributed by atoms with Crippen LogP contribution in [-0.4, -0.2) is 11.4 Å². The molecule has 0 atom stereocenters. The number of carbonyl (C=O) groups excluding carboxylic acids is 1. The molecule has 0 amide bonds. The molecule has 0 saturated carbocycles. The molecule has 0 aliphatic rings. The molecule has 0 fully saturated rings. The molecule has 2 aromatic rings. The lowest BCUT2D eigenvalue weighted by molar-refractivity contribution is 0.112. The van der Waals surface area contributed by atoms with E-state index in [0.717, 1.165) is 6.29 Å². The molecular formula is C13H10N2O2. The second kappa shape index (κ2) is 5.03. The SMILES string of the molecule is O=Cc1ccc(N=Nc2ccc(O)cc2)cc1. The third-order valence-corrected chi connectivity index (χ3v) is 2.16. The van der Waals surface area contributed by atoms with Crippen LogP contribution in [0.4, 0.5) is 11.4 Å². The van der Waals surface area contributed by atoms with Crippen LogP contribution in [0.25, 0.3) is 0 Å². The minimum atomic E-state index is 0.194. The highest BCUT2D eigenvalue weighted by Crippen LogP contribution is 2.20. The molecule has 4 nitrogen and oxygen atoms in total. The van der Waals surface area contributed by atoms with Crippen molar-refractivity contribution in [2.24, 2.45) is 10.2 Å². The van der Waals surface area contributed by atoms with E-state index < -0.39 is 0 Å². The van der Waals surface area contributed by atoms with Crippen LogP contribution >= 0.6 is 0 Å². The summed E-state index contributed by atoms with van der Waals surface area (Å²) in [6.45, 7) is 0. The topological polar surface area (TPSA) is 62.0 Å². The largest absolute Gasteiger partial charge is 0.508 e. The summed E-state index contributed by atoms with van der Waals surface area (Å²) in [5.41, 5.74) is 1.93. The molecule has 1 N–H and O–H groups in total. The predicted molar refractivity (Wildman–Crippen MR) is 64.1 cm³/mol. The lowest BCUT2D eigenvalue weighted by Crippen LogP contribution is -1.75. The Labute approximate surface area is 98.3 Å². The molecular weight excluding hydrogens is 216 g/mol. The number of azo groups is 1. The van der Waals surface area contributed by atoms with E-state index in [4.69, 9.17) is 5.11 Å². The van der Waals surface area contributed by atoms with Gasteiger partial charge >= 0.3 is 0 Å². The number of hydrogen-bond donors (Lipinski definition) is 1. The van der Waals surface area contributed by atoms with E-state index in [2.05, 4.69) is 10.2 Å². The molecule has 0 bridgehead atoms. The molecule has 0 aromatic heterocycles. The van der Waals surface area contributed by atoms with E-state index in [1.165, 1.54) is 0 Å². The summed E-state index contributed by atoms with van der Waals surface area (Å²) in [4.78, 5) is 10.5. The highest BCUT2D eigenvalue weighted by Gasteiger charge is 1.92. The molecule has 0 aliphatic carbocycles. The van der Waals surface area contributed by atoms with Crippen molar-refractivity contribution in [3.8, 4) is 5.75 Å². The van der Waals surface area contributed by atoms with Crippen LogP contribution in [0.2, 0.25) is 0 Å². The van der Waals surface area contributed by atoms with E-state index in [9.17, 15) is 4.79 Å². The molecule has 84 valence electrons. The van der Waals surface area contributed by atoms with E-state index in [1.807, 2.05) is 0 Å². The van der Waals surface area contributed by atoms with Crippen LogP contribution in [0.1, 0.15) is 10.4 Å². The van der Waals surface area contributed by atoms with Crippen molar-refractivity contribution in [2.75, 3.05) is 0 Å². The maximum Gasteiger partial charge on any atom is 0.150 e. The minimum absolute atomic E-state index is 0.194. The van der Waals surface area contributed by atoms with Gasteiger partial charge in [-0.25, -0.2) is 0 Å². The lowest BCUT2D eigenvalue weighted by atomic mass is 10.2. The van der Waals surface area contributed by atoms with Crippen molar-refractivity contribution < 1.29 is 9.90 Å². The van der Waals surface area contributed by atoms with Crippen molar-refractivity contribution in [1.29, 1.82) is 0 Å². The second-order valence-electron chi connectivity index (χ2n) is 3.43. The number of rotatable bonds is 3. The summed E-state index contributed by atoms with van der Waals surface area (Å²) in [6, 6.07) is 13.2. The average Bonchev–Trinajstić information content (AvgIpc) is 2.39. The lowest BCUT2D eigenvalue weighted by Gasteiger charge is -1.94. The van der Waals surface area contributed by atoms with Crippen molar-refractivity contribution in [3.63, 3.8) is 0 Å². The van der Waals surface area contributed by atoms with Gasteiger partial charge in [0.15, 0.2) is 0 Å². The van der Waals surface area contributed by atoms with E-state index in [0.29, 0.717) is 16.9 Å². The highest BCUT2D eigenvalue weighted by molar-refractivity contribution is 5.75. The highest BCUT2D eigenvalue weighted by atomic mass is 16.3. The van der Waals surface area contributed by atoms with E-state index in [1.54, 1.807) is 48.5 Å². The zero-order valence-electron chi connectivity index (χ0n) is 8.95. The number of nitrogens with zero attached hydrogens (tertiary/aromatic N) is 2. The van der Waals surface area contributed by atoms with Gasteiger partial charge in [0.05, 0.1) is 11.4 Å². The fourth-order valence-electron chi connectivity index (χ4n) is 1.25. The van der Waals surface area contributed by atoms with Gasteiger partial charge in [-0.05, 0) is 48.5 Å². The Morgan fingerprint density at radius 1 is 0.824 bits per heavy atom. The maximum absolute atomic E-state index is 10.5. The summed E-state index contributed by atoms with van der Waals surface area (Å²) < 4.78 is 0. The molecule has 0 heterocycles. The minimum Gasteiger partial charge on any atom is -0.508 e. The van der Waals surface area contributed by atoms with Crippen molar-refractivity contribution in [1.82, 2.24) is 0 Å². The number of aromatic hydroxyl groups is 1. The maximum atomic E-state index is 10.5. The quantitative estimate of drug-likeness (QED) is 0.641. The third-order valence-electron chi connectivity index (χ3n) is 2.16. The van der Waals surface area contributed by atoms with E-state index in [-0.39, 0.29) is 5.75 Å². The third kappa shape index (κ3) is 2.98. The fraction of sp³-hybridized carbons (Fsp3) is 0. The van der Waals surface area contributed by atoms with Gasteiger partial charge in [0.25, 0.3) is 0 Å². The van der Waals surface area contributed by atoms with Gasteiger partial charge in [-0.3, -0.25) is 4.79 Å². The van der Waals surface area contributed by atoms with Crippen LogP contribution in [0.5, 0.6) is 5.75 Å². The first kappa shape index (κ1) is 11.0. The summed E-state index contributed by atoms with van der Waals surface area (Å²) in [5, 5.41) is 17.1. The van der Waals surface area contributed by atoms with Crippen LogP contribution < -0.4 is 0 Å². The van der Waals surface area contributed by atoms with Crippen molar-refractivity contribution >= 4 is 17.7 Å². The number of aldehydes is 1. The molecule has 0 aliphatic heterocycles. The first-order valence-corrected chi connectivity index (χ1v) is 5.04. The van der Waals surface area contributed by atoms with Crippen LogP contribution in [-0.2, 0) is 0 Å². The Morgan fingerprint density at radius 3 is 1.76 bits per heavy atom. The van der Waals surface area contributed by atoms with Gasteiger partial charge in [0.2, 0.25) is 0 Å². The first-order valence-electron chi connectivity index (χ1n) is 5.04. The molecule has 0 unspecified atom stereocenters.